The Morgan fingerprint density at radius 3 is 2.67 bits per heavy atom. The van der Waals surface area contributed by atoms with Gasteiger partial charge in [-0.25, -0.2) is 14.4 Å². The van der Waals surface area contributed by atoms with Gasteiger partial charge in [0.05, 0.1) is 52.5 Å². The van der Waals surface area contributed by atoms with Gasteiger partial charge >= 0.3 is 0 Å². The molecule has 0 amide bonds. The number of hydrogen-bond donors (Lipinski definition) is 3. The number of aliphatic hydroxyl groups excluding tert-OH is 2. The summed E-state index contributed by atoms with van der Waals surface area (Å²) in [5.74, 6) is 0.142. The summed E-state index contributed by atoms with van der Waals surface area (Å²) in [5, 5.41) is 27.2. The Bertz CT molecular complexity index is 1160. The molecule has 3 N–H and O–H groups in total. The predicted octanol–water partition coefficient (Wildman–Crippen LogP) is 1.29. The predicted molar refractivity (Wildman–Crippen MR) is 97.4 cm³/mol. The van der Waals surface area contributed by atoms with Gasteiger partial charge in [-0.05, 0) is 25.1 Å². The first-order valence-electron chi connectivity index (χ1n) is 8.61. The summed E-state index contributed by atoms with van der Waals surface area (Å²) in [4.78, 5) is 10.7. The number of halogens is 1. The Morgan fingerprint density at radius 1 is 1.15 bits per heavy atom. The molecule has 3 aromatic heterocycles. The van der Waals surface area contributed by atoms with Crippen molar-refractivity contribution < 1.29 is 14.6 Å². The number of nitrogens with one attached hydrogen (secondary N) is 1. The van der Waals surface area contributed by atoms with Crippen LogP contribution in [0.1, 0.15) is 5.69 Å². The third kappa shape index (κ3) is 2.39. The SMILES string of the molecule is Cc1nc(N2C[C@@H](O)[C@H](O)C2)ncc1-n1c2ccc(F)cc2c2[nH]ncc21. The lowest BCUT2D eigenvalue weighted by Crippen LogP contribution is -2.24. The molecule has 1 aliphatic rings. The van der Waals surface area contributed by atoms with E-state index in [2.05, 4.69) is 20.2 Å². The van der Waals surface area contributed by atoms with Crippen molar-refractivity contribution in [3.63, 3.8) is 0 Å². The number of nitrogens with zero attached hydrogens (tertiary/aromatic N) is 5. The number of aryl methyl sites for hydroxylation is 1. The van der Waals surface area contributed by atoms with Crippen LogP contribution in [0.25, 0.3) is 27.6 Å². The summed E-state index contributed by atoms with van der Waals surface area (Å²) in [6.45, 7) is 2.44. The van der Waals surface area contributed by atoms with E-state index in [1.807, 2.05) is 11.5 Å². The lowest BCUT2D eigenvalue weighted by Gasteiger charge is -2.17. The van der Waals surface area contributed by atoms with Crippen LogP contribution in [-0.4, -0.2) is 60.2 Å². The molecule has 0 unspecified atom stereocenters. The van der Waals surface area contributed by atoms with Crippen LogP contribution in [0.15, 0.2) is 30.6 Å². The zero-order valence-corrected chi connectivity index (χ0v) is 14.5. The first-order chi connectivity index (χ1) is 13.0. The molecule has 4 aromatic rings. The van der Waals surface area contributed by atoms with Gasteiger partial charge in [-0.1, -0.05) is 0 Å². The highest BCUT2D eigenvalue weighted by Gasteiger charge is 2.31. The minimum atomic E-state index is -0.803. The van der Waals surface area contributed by atoms with Gasteiger partial charge in [-0.3, -0.25) is 5.10 Å². The van der Waals surface area contributed by atoms with Gasteiger partial charge in [0.1, 0.15) is 5.82 Å². The zero-order chi connectivity index (χ0) is 18.7. The average Bonchev–Trinajstić information content (AvgIpc) is 3.31. The topological polar surface area (TPSA) is 103 Å². The van der Waals surface area contributed by atoms with Crippen LogP contribution < -0.4 is 4.90 Å². The van der Waals surface area contributed by atoms with Crippen LogP contribution in [0.2, 0.25) is 0 Å². The maximum atomic E-state index is 13.7. The number of fused-ring (bicyclic) bond motifs is 3. The normalized spacial score (nSPS) is 20.2. The second-order valence-corrected chi connectivity index (χ2v) is 6.81. The first kappa shape index (κ1) is 16.2. The Hall–Kier alpha value is -3.04. The molecule has 2 atom stereocenters. The Balaban J connectivity index is 1.65. The molecule has 0 spiro atoms. The number of rotatable bonds is 2. The monoisotopic (exact) mass is 368 g/mol. The van der Waals surface area contributed by atoms with E-state index in [1.165, 1.54) is 12.1 Å². The number of H-pyrrole nitrogens is 1. The third-order valence-electron chi connectivity index (χ3n) is 5.05. The molecule has 0 saturated carbocycles. The second kappa shape index (κ2) is 5.73. The quantitative estimate of drug-likeness (QED) is 0.493. The fraction of sp³-hybridized carbons (Fsp3) is 0.278. The number of aliphatic hydroxyl groups is 2. The summed E-state index contributed by atoms with van der Waals surface area (Å²) in [7, 11) is 0. The van der Waals surface area contributed by atoms with Crippen LogP contribution in [0.5, 0.6) is 0 Å². The molecule has 1 fully saturated rings. The van der Waals surface area contributed by atoms with Gasteiger partial charge in [0, 0.05) is 18.5 Å². The number of hydrogen-bond acceptors (Lipinski definition) is 6. The Labute approximate surface area is 152 Å². The van der Waals surface area contributed by atoms with Crippen molar-refractivity contribution in [3.8, 4) is 5.69 Å². The van der Waals surface area contributed by atoms with Crippen molar-refractivity contribution in [3.05, 3.63) is 42.1 Å². The molecule has 5 rings (SSSR count). The van der Waals surface area contributed by atoms with Gasteiger partial charge in [0.2, 0.25) is 5.95 Å². The number of β-amino-alcohol motifs (C(OH)–C–C–N with tert-alkyl or cyclic N) is 2. The van der Waals surface area contributed by atoms with Crippen LogP contribution in [0.4, 0.5) is 10.3 Å². The number of benzene rings is 1. The molecule has 1 aromatic carbocycles. The summed E-state index contributed by atoms with van der Waals surface area (Å²) in [6, 6.07) is 4.62. The van der Waals surface area contributed by atoms with Crippen LogP contribution in [0.3, 0.4) is 0 Å². The van der Waals surface area contributed by atoms with E-state index in [0.717, 1.165) is 33.3 Å². The van der Waals surface area contributed by atoms with Gasteiger partial charge in [0.25, 0.3) is 0 Å². The smallest absolute Gasteiger partial charge is 0.225 e. The molecule has 8 nitrogen and oxygen atoms in total. The standard InChI is InChI=1S/C18H17FN6O2/c1-9-13(5-20-18(22-9)24-7-15(26)16(27)8-24)25-12-3-2-10(19)4-11(12)17-14(25)6-21-23-17/h2-6,15-16,26-27H,7-8H2,1H3,(H,21,23)/t15-,16-/m1/s1. The average molecular weight is 368 g/mol. The van der Waals surface area contributed by atoms with Crippen LogP contribution in [-0.2, 0) is 0 Å². The molecule has 1 aliphatic heterocycles. The van der Waals surface area contributed by atoms with Gasteiger partial charge in [0.15, 0.2) is 0 Å². The maximum Gasteiger partial charge on any atom is 0.225 e. The lowest BCUT2D eigenvalue weighted by molar-refractivity contribution is 0.0572. The molecule has 0 aliphatic carbocycles. The summed E-state index contributed by atoms with van der Waals surface area (Å²) < 4.78 is 15.7. The molecular weight excluding hydrogens is 351 g/mol. The van der Waals surface area contributed by atoms with Crippen LogP contribution in [0, 0.1) is 12.7 Å². The third-order valence-corrected chi connectivity index (χ3v) is 5.05. The van der Waals surface area contributed by atoms with E-state index < -0.39 is 12.2 Å². The van der Waals surface area contributed by atoms with Crippen molar-refractivity contribution in [1.82, 2.24) is 24.7 Å². The molecule has 138 valence electrons. The second-order valence-electron chi connectivity index (χ2n) is 6.81. The highest BCUT2D eigenvalue weighted by Crippen LogP contribution is 2.32. The summed E-state index contributed by atoms with van der Waals surface area (Å²) >= 11 is 0. The van der Waals surface area contributed by atoms with Crippen molar-refractivity contribution in [2.45, 2.75) is 19.1 Å². The van der Waals surface area contributed by atoms with Gasteiger partial charge in [-0.15, -0.1) is 0 Å². The molecule has 9 heteroatoms. The molecule has 0 bridgehead atoms. The van der Waals surface area contributed by atoms with E-state index in [-0.39, 0.29) is 18.9 Å². The van der Waals surface area contributed by atoms with E-state index in [1.54, 1.807) is 23.4 Å². The highest BCUT2D eigenvalue weighted by atomic mass is 19.1. The molecule has 27 heavy (non-hydrogen) atoms. The number of aromatic nitrogens is 5. The molecule has 1 saturated heterocycles. The fourth-order valence-corrected chi connectivity index (χ4v) is 3.69. The van der Waals surface area contributed by atoms with Gasteiger partial charge in [-0.2, -0.15) is 5.10 Å². The van der Waals surface area contributed by atoms with E-state index in [9.17, 15) is 14.6 Å². The maximum absolute atomic E-state index is 13.7. The first-order valence-corrected chi connectivity index (χ1v) is 8.61. The summed E-state index contributed by atoms with van der Waals surface area (Å²) in [6.07, 6.45) is 1.78. The van der Waals surface area contributed by atoms with Crippen molar-refractivity contribution in [1.29, 1.82) is 0 Å². The minimum Gasteiger partial charge on any atom is -0.388 e. The minimum absolute atomic E-state index is 0.289. The van der Waals surface area contributed by atoms with Crippen molar-refractivity contribution >= 4 is 27.9 Å². The lowest BCUT2D eigenvalue weighted by atomic mass is 10.2. The number of anilines is 1. The Morgan fingerprint density at radius 2 is 1.93 bits per heavy atom. The fourth-order valence-electron chi connectivity index (χ4n) is 3.69. The molecule has 0 radical (unpaired) electrons. The largest absolute Gasteiger partial charge is 0.388 e. The van der Waals surface area contributed by atoms with Crippen molar-refractivity contribution in [2.75, 3.05) is 18.0 Å². The van der Waals surface area contributed by atoms with Gasteiger partial charge < -0.3 is 19.7 Å². The van der Waals surface area contributed by atoms with E-state index in [0.29, 0.717) is 5.95 Å². The highest BCUT2D eigenvalue weighted by molar-refractivity contribution is 6.06. The zero-order valence-electron chi connectivity index (χ0n) is 14.5. The molecular formula is C18H17FN6O2. The summed E-state index contributed by atoms with van der Waals surface area (Å²) in [5.41, 5.74) is 3.86. The van der Waals surface area contributed by atoms with Crippen molar-refractivity contribution in [2.24, 2.45) is 0 Å². The van der Waals surface area contributed by atoms with Crippen LogP contribution >= 0.6 is 0 Å². The number of aromatic amines is 1. The van der Waals surface area contributed by atoms with E-state index >= 15 is 0 Å². The Kier molecular flexibility index (Phi) is 3.43. The molecule has 4 heterocycles. The van der Waals surface area contributed by atoms with E-state index in [4.69, 9.17) is 0 Å².